The van der Waals surface area contributed by atoms with E-state index in [4.69, 9.17) is 0 Å². The van der Waals surface area contributed by atoms with Crippen molar-refractivity contribution < 1.29 is 13.2 Å². The molecule has 1 amide bonds. The van der Waals surface area contributed by atoms with Crippen molar-refractivity contribution in [1.82, 2.24) is 10.6 Å². The molecule has 0 aliphatic rings. The highest BCUT2D eigenvalue weighted by atomic mass is 32.2. The Morgan fingerprint density at radius 1 is 1.29 bits per heavy atom. The molecule has 0 aliphatic heterocycles. The van der Waals surface area contributed by atoms with Gasteiger partial charge in [0, 0.05) is 12.6 Å². The number of para-hydroxylation sites is 1. The molecule has 0 aromatic heterocycles. The summed E-state index contributed by atoms with van der Waals surface area (Å²) < 4.78 is 26.1. The number of amides is 1. The Morgan fingerprint density at radius 2 is 1.95 bits per heavy atom. The summed E-state index contributed by atoms with van der Waals surface area (Å²) in [6, 6.07) is 6.72. The van der Waals surface area contributed by atoms with Gasteiger partial charge in [-0.3, -0.25) is 9.52 Å². The lowest BCUT2D eigenvalue weighted by atomic mass is 10.1. The summed E-state index contributed by atoms with van der Waals surface area (Å²) >= 11 is 0. The van der Waals surface area contributed by atoms with Gasteiger partial charge in [0.2, 0.25) is 10.0 Å². The van der Waals surface area contributed by atoms with E-state index in [1.54, 1.807) is 31.2 Å². The Morgan fingerprint density at radius 3 is 2.57 bits per heavy atom. The van der Waals surface area contributed by atoms with E-state index >= 15 is 0 Å². The van der Waals surface area contributed by atoms with Crippen LogP contribution in [-0.4, -0.2) is 39.7 Å². The van der Waals surface area contributed by atoms with Crippen molar-refractivity contribution in [2.24, 2.45) is 0 Å². The molecule has 1 unspecified atom stereocenters. The van der Waals surface area contributed by atoms with Crippen molar-refractivity contribution >= 4 is 21.6 Å². The van der Waals surface area contributed by atoms with Crippen LogP contribution >= 0.6 is 0 Å². The highest BCUT2D eigenvalue weighted by Gasteiger charge is 2.16. The molecule has 7 heteroatoms. The fraction of sp³-hybridized carbons (Fsp3) is 0.500. The molecule has 3 N–H and O–H groups in total. The zero-order valence-corrected chi connectivity index (χ0v) is 13.5. The van der Waals surface area contributed by atoms with Gasteiger partial charge >= 0.3 is 0 Å². The van der Waals surface area contributed by atoms with Gasteiger partial charge in [0.05, 0.1) is 17.0 Å². The Balaban J connectivity index is 2.86. The number of carbonyl (C=O) groups is 1. The zero-order chi connectivity index (χ0) is 15.9. The van der Waals surface area contributed by atoms with E-state index in [-0.39, 0.29) is 17.7 Å². The Labute approximate surface area is 126 Å². The zero-order valence-electron chi connectivity index (χ0n) is 12.6. The summed E-state index contributed by atoms with van der Waals surface area (Å²) in [6.45, 7) is 4.19. The molecule has 0 saturated heterocycles. The molecule has 1 aromatic carbocycles. The summed E-state index contributed by atoms with van der Waals surface area (Å²) in [5.74, 6) is -0.272. The van der Waals surface area contributed by atoms with Crippen LogP contribution in [-0.2, 0) is 10.0 Å². The molecule has 0 heterocycles. The van der Waals surface area contributed by atoms with Crippen molar-refractivity contribution in [3.8, 4) is 0 Å². The number of hydrogen-bond acceptors (Lipinski definition) is 4. The Hall–Kier alpha value is -1.60. The maximum atomic E-state index is 12.2. The molecule has 0 fully saturated rings. The van der Waals surface area contributed by atoms with Crippen molar-refractivity contribution in [3.05, 3.63) is 29.8 Å². The van der Waals surface area contributed by atoms with Crippen molar-refractivity contribution in [3.63, 3.8) is 0 Å². The standard InChI is InChI=1S/C14H23N3O3S/c1-4-9-21(19,20)17-13-8-6-5-7-12(13)14(18)16-10-11(2)15-3/h5-8,11,15,17H,4,9-10H2,1-3H3,(H,16,18). The lowest BCUT2D eigenvalue weighted by Gasteiger charge is -2.14. The van der Waals surface area contributed by atoms with Crippen LogP contribution in [0.25, 0.3) is 0 Å². The third-order valence-electron chi connectivity index (χ3n) is 2.97. The van der Waals surface area contributed by atoms with Gasteiger partial charge in [0.1, 0.15) is 0 Å². The lowest BCUT2D eigenvalue weighted by molar-refractivity contribution is 0.0951. The first-order chi connectivity index (χ1) is 9.89. The van der Waals surface area contributed by atoms with Gasteiger partial charge in [0.15, 0.2) is 0 Å². The monoisotopic (exact) mass is 313 g/mol. The first kappa shape index (κ1) is 17.5. The first-order valence-electron chi connectivity index (χ1n) is 6.94. The minimum atomic E-state index is -3.42. The second-order valence-electron chi connectivity index (χ2n) is 4.87. The third kappa shape index (κ3) is 5.73. The highest BCUT2D eigenvalue weighted by molar-refractivity contribution is 7.92. The van der Waals surface area contributed by atoms with Gasteiger partial charge in [-0.15, -0.1) is 0 Å². The van der Waals surface area contributed by atoms with Gasteiger partial charge in [-0.25, -0.2) is 8.42 Å². The molecule has 0 aliphatic carbocycles. The van der Waals surface area contributed by atoms with Crippen LogP contribution in [0.4, 0.5) is 5.69 Å². The largest absolute Gasteiger partial charge is 0.350 e. The van der Waals surface area contributed by atoms with Crippen LogP contribution < -0.4 is 15.4 Å². The van der Waals surface area contributed by atoms with Crippen molar-refractivity contribution in [2.75, 3.05) is 24.1 Å². The average molecular weight is 313 g/mol. The Bertz CT molecular complexity index is 573. The van der Waals surface area contributed by atoms with Crippen molar-refractivity contribution in [1.29, 1.82) is 0 Å². The van der Waals surface area contributed by atoms with E-state index in [0.717, 1.165) is 0 Å². The first-order valence-corrected chi connectivity index (χ1v) is 8.59. The van der Waals surface area contributed by atoms with Gasteiger partial charge in [-0.1, -0.05) is 19.1 Å². The number of rotatable bonds is 8. The molecule has 118 valence electrons. The molecule has 1 aromatic rings. The van der Waals surface area contributed by atoms with Gasteiger partial charge in [0.25, 0.3) is 5.91 Å². The molecular weight excluding hydrogens is 290 g/mol. The van der Waals surface area contributed by atoms with E-state index in [1.807, 2.05) is 14.0 Å². The predicted molar refractivity (Wildman–Crippen MR) is 85.0 cm³/mol. The van der Waals surface area contributed by atoms with E-state index < -0.39 is 10.0 Å². The molecule has 0 saturated carbocycles. The minimum absolute atomic E-state index is 0.0275. The number of likely N-dealkylation sites (N-methyl/N-ethyl adjacent to an activating group) is 1. The molecule has 0 bridgehead atoms. The van der Waals surface area contributed by atoms with Gasteiger partial charge < -0.3 is 10.6 Å². The lowest BCUT2D eigenvalue weighted by Crippen LogP contribution is -2.37. The average Bonchev–Trinajstić information content (AvgIpc) is 2.44. The summed E-state index contributed by atoms with van der Waals surface area (Å²) in [4.78, 5) is 12.2. The maximum absolute atomic E-state index is 12.2. The Kier molecular flexibility index (Phi) is 6.64. The molecule has 1 atom stereocenters. The van der Waals surface area contributed by atoms with Gasteiger partial charge in [-0.05, 0) is 32.5 Å². The normalized spacial score (nSPS) is 12.7. The molecule has 21 heavy (non-hydrogen) atoms. The second-order valence-corrected chi connectivity index (χ2v) is 6.71. The molecule has 1 rings (SSSR count). The number of anilines is 1. The molecule has 6 nitrogen and oxygen atoms in total. The van der Waals surface area contributed by atoms with Crippen LogP contribution in [0.2, 0.25) is 0 Å². The maximum Gasteiger partial charge on any atom is 0.253 e. The summed E-state index contributed by atoms with van der Waals surface area (Å²) in [7, 11) is -1.61. The van der Waals surface area contributed by atoms with Crippen LogP contribution in [0.15, 0.2) is 24.3 Å². The van der Waals surface area contributed by atoms with Crippen LogP contribution in [0.3, 0.4) is 0 Å². The molecule has 0 radical (unpaired) electrons. The fourth-order valence-electron chi connectivity index (χ4n) is 1.70. The van der Waals surface area contributed by atoms with Gasteiger partial charge in [-0.2, -0.15) is 0 Å². The number of hydrogen-bond donors (Lipinski definition) is 3. The van der Waals surface area contributed by atoms with Crippen LogP contribution in [0, 0.1) is 0 Å². The number of carbonyl (C=O) groups excluding carboxylic acids is 1. The number of benzene rings is 1. The second kappa shape index (κ2) is 7.99. The summed E-state index contributed by atoms with van der Waals surface area (Å²) in [5, 5.41) is 5.79. The van der Waals surface area contributed by atoms with Crippen LogP contribution in [0.1, 0.15) is 30.6 Å². The fourth-order valence-corrected chi connectivity index (χ4v) is 2.85. The minimum Gasteiger partial charge on any atom is -0.350 e. The number of nitrogens with one attached hydrogen (secondary N) is 3. The molecular formula is C14H23N3O3S. The number of sulfonamides is 1. The van der Waals surface area contributed by atoms with E-state index in [9.17, 15) is 13.2 Å². The SMILES string of the molecule is CCCS(=O)(=O)Nc1ccccc1C(=O)NCC(C)NC. The van der Waals surface area contributed by atoms with Crippen molar-refractivity contribution in [2.45, 2.75) is 26.3 Å². The third-order valence-corrected chi connectivity index (χ3v) is 4.45. The quantitative estimate of drug-likeness (QED) is 0.672. The van der Waals surface area contributed by atoms with Crippen LogP contribution in [0.5, 0.6) is 0 Å². The smallest absolute Gasteiger partial charge is 0.253 e. The highest BCUT2D eigenvalue weighted by Crippen LogP contribution is 2.16. The van der Waals surface area contributed by atoms with E-state index in [2.05, 4.69) is 15.4 Å². The summed E-state index contributed by atoms with van der Waals surface area (Å²) in [6.07, 6.45) is 0.517. The summed E-state index contributed by atoms with van der Waals surface area (Å²) in [5.41, 5.74) is 0.626. The van der Waals surface area contributed by atoms with E-state index in [0.29, 0.717) is 24.2 Å². The topological polar surface area (TPSA) is 87.3 Å². The van der Waals surface area contributed by atoms with E-state index in [1.165, 1.54) is 0 Å². The predicted octanol–water partition coefficient (Wildman–Crippen LogP) is 1.18. The molecule has 0 spiro atoms.